The number of carboxylic acid groups (broad SMARTS) is 1. The fraction of sp³-hybridized carbons (Fsp3) is 0.909. The highest BCUT2D eigenvalue weighted by molar-refractivity contribution is 5.77. The van der Waals surface area contributed by atoms with Crippen molar-refractivity contribution in [3.05, 3.63) is 0 Å². The van der Waals surface area contributed by atoms with Crippen LogP contribution in [0.25, 0.3) is 0 Å². The van der Waals surface area contributed by atoms with Gasteiger partial charge in [0.2, 0.25) is 5.72 Å². The minimum Gasteiger partial charge on any atom is -0.478 e. The van der Waals surface area contributed by atoms with Gasteiger partial charge in [-0.05, 0) is 6.92 Å². The summed E-state index contributed by atoms with van der Waals surface area (Å²) in [5, 5.41) is 12.7. The van der Waals surface area contributed by atoms with Crippen LogP contribution in [0.2, 0.25) is 0 Å². The molecular formula is C11H22N2O3. The molecule has 1 aliphatic rings. The molecule has 5 heteroatoms. The molecule has 2 N–H and O–H groups in total. The third-order valence-corrected chi connectivity index (χ3v) is 2.93. The van der Waals surface area contributed by atoms with Crippen molar-refractivity contribution >= 4 is 5.97 Å². The SMILES string of the molecule is CCCC(OCC)(C(=O)O)N1CCNCC1. The number of carbonyl (C=O) groups is 1. The molecule has 0 aromatic heterocycles. The van der Waals surface area contributed by atoms with E-state index in [2.05, 4.69) is 5.32 Å². The van der Waals surface area contributed by atoms with Gasteiger partial charge in [0.1, 0.15) is 0 Å². The lowest BCUT2D eigenvalue weighted by molar-refractivity contribution is -0.201. The maximum Gasteiger partial charge on any atom is 0.351 e. The van der Waals surface area contributed by atoms with Crippen LogP contribution < -0.4 is 5.32 Å². The third-order valence-electron chi connectivity index (χ3n) is 2.93. The summed E-state index contributed by atoms with van der Waals surface area (Å²) in [4.78, 5) is 13.5. The normalized spacial score (nSPS) is 21.6. The van der Waals surface area contributed by atoms with Crippen LogP contribution in [0.3, 0.4) is 0 Å². The molecule has 1 atom stereocenters. The molecule has 0 spiro atoms. The Labute approximate surface area is 96.8 Å². The van der Waals surface area contributed by atoms with Crippen LogP contribution in [0.4, 0.5) is 0 Å². The summed E-state index contributed by atoms with van der Waals surface area (Å²) in [7, 11) is 0. The zero-order valence-electron chi connectivity index (χ0n) is 10.2. The molecule has 1 heterocycles. The topological polar surface area (TPSA) is 61.8 Å². The number of piperazine rings is 1. The van der Waals surface area contributed by atoms with E-state index in [1.807, 2.05) is 18.7 Å². The first-order valence-electron chi connectivity index (χ1n) is 6.00. The molecule has 16 heavy (non-hydrogen) atoms. The minimum absolute atomic E-state index is 0.427. The molecule has 0 saturated carbocycles. The van der Waals surface area contributed by atoms with Gasteiger partial charge in [0, 0.05) is 39.2 Å². The smallest absolute Gasteiger partial charge is 0.351 e. The Kier molecular flexibility index (Phi) is 5.18. The highest BCUT2D eigenvalue weighted by Crippen LogP contribution is 2.24. The van der Waals surface area contributed by atoms with Gasteiger partial charge in [-0.1, -0.05) is 13.3 Å². The maximum atomic E-state index is 11.5. The van der Waals surface area contributed by atoms with Crippen LogP contribution in [0, 0.1) is 0 Å². The first kappa shape index (κ1) is 13.4. The van der Waals surface area contributed by atoms with Crippen LogP contribution in [0.5, 0.6) is 0 Å². The number of rotatable bonds is 6. The summed E-state index contributed by atoms with van der Waals surface area (Å²) in [5.74, 6) is -0.863. The van der Waals surface area contributed by atoms with E-state index in [1.165, 1.54) is 0 Å². The van der Waals surface area contributed by atoms with Gasteiger partial charge in [0.05, 0.1) is 0 Å². The first-order valence-corrected chi connectivity index (χ1v) is 6.00. The van der Waals surface area contributed by atoms with Crippen LogP contribution in [0.15, 0.2) is 0 Å². The lowest BCUT2D eigenvalue weighted by atomic mass is 10.0. The van der Waals surface area contributed by atoms with Gasteiger partial charge in [-0.15, -0.1) is 0 Å². The molecule has 1 aliphatic heterocycles. The summed E-state index contributed by atoms with van der Waals surface area (Å²) in [6.45, 7) is 7.36. The van der Waals surface area contributed by atoms with Gasteiger partial charge in [-0.25, -0.2) is 4.79 Å². The zero-order valence-corrected chi connectivity index (χ0v) is 10.2. The zero-order chi connectivity index (χ0) is 12.0. The molecule has 5 nitrogen and oxygen atoms in total. The highest BCUT2D eigenvalue weighted by atomic mass is 16.5. The largest absolute Gasteiger partial charge is 0.478 e. The number of nitrogens with zero attached hydrogens (tertiary/aromatic N) is 1. The molecule has 0 radical (unpaired) electrons. The summed E-state index contributed by atoms with van der Waals surface area (Å²) < 4.78 is 5.57. The molecule has 94 valence electrons. The molecule has 0 aromatic rings. The Balaban J connectivity index is 2.84. The molecule has 1 saturated heterocycles. The Morgan fingerprint density at radius 2 is 2.06 bits per heavy atom. The average Bonchev–Trinajstić information content (AvgIpc) is 2.29. The van der Waals surface area contributed by atoms with Crippen molar-refractivity contribution in [1.29, 1.82) is 0 Å². The van der Waals surface area contributed by atoms with Crippen molar-refractivity contribution in [2.45, 2.75) is 32.4 Å². The number of hydrogen-bond donors (Lipinski definition) is 2. The van der Waals surface area contributed by atoms with Gasteiger partial charge in [0.15, 0.2) is 0 Å². The van der Waals surface area contributed by atoms with Gasteiger partial charge in [-0.2, -0.15) is 0 Å². The molecule has 0 aliphatic carbocycles. The van der Waals surface area contributed by atoms with Crippen LogP contribution in [-0.4, -0.2) is 54.5 Å². The summed E-state index contributed by atoms with van der Waals surface area (Å²) in [6.07, 6.45) is 1.34. The summed E-state index contributed by atoms with van der Waals surface area (Å²) >= 11 is 0. The fourth-order valence-electron chi connectivity index (χ4n) is 2.23. The average molecular weight is 230 g/mol. The van der Waals surface area contributed by atoms with E-state index >= 15 is 0 Å². The third kappa shape index (κ3) is 2.72. The van der Waals surface area contributed by atoms with Gasteiger partial charge in [-0.3, -0.25) is 4.90 Å². The number of nitrogens with one attached hydrogen (secondary N) is 1. The van der Waals surface area contributed by atoms with E-state index in [9.17, 15) is 9.90 Å². The number of ether oxygens (including phenoxy) is 1. The quantitative estimate of drug-likeness (QED) is 0.696. The summed E-state index contributed by atoms with van der Waals surface area (Å²) in [6, 6.07) is 0. The van der Waals surface area contributed by atoms with E-state index in [4.69, 9.17) is 4.74 Å². The van der Waals surface area contributed by atoms with Crippen molar-refractivity contribution in [2.75, 3.05) is 32.8 Å². The standard InChI is InChI=1S/C11H22N2O3/c1-3-5-11(10(14)15,16-4-2)13-8-6-12-7-9-13/h12H,3-9H2,1-2H3,(H,14,15). The van der Waals surface area contributed by atoms with Crippen LogP contribution >= 0.6 is 0 Å². The number of aliphatic carboxylic acids is 1. The van der Waals surface area contributed by atoms with Crippen molar-refractivity contribution in [3.8, 4) is 0 Å². The van der Waals surface area contributed by atoms with Crippen molar-refractivity contribution < 1.29 is 14.6 Å². The summed E-state index contributed by atoms with van der Waals surface area (Å²) in [5.41, 5.74) is -1.12. The van der Waals surface area contributed by atoms with Gasteiger partial charge >= 0.3 is 5.97 Å². The predicted molar refractivity (Wildman–Crippen MR) is 61.3 cm³/mol. The van der Waals surface area contributed by atoms with Gasteiger partial charge in [0.25, 0.3) is 0 Å². The van der Waals surface area contributed by atoms with Crippen LogP contribution in [-0.2, 0) is 9.53 Å². The van der Waals surface area contributed by atoms with E-state index < -0.39 is 11.7 Å². The van der Waals surface area contributed by atoms with E-state index in [0.717, 1.165) is 32.6 Å². The molecule has 0 aromatic carbocycles. The van der Waals surface area contributed by atoms with Crippen molar-refractivity contribution in [3.63, 3.8) is 0 Å². The Bertz CT molecular complexity index is 221. The number of carboxylic acids is 1. The Hall–Kier alpha value is -0.650. The Morgan fingerprint density at radius 3 is 2.50 bits per heavy atom. The predicted octanol–water partition coefficient (Wildman–Crippen LogP) is 0.509. The molecule has 1 rings (SSSR count). The molecule has 1 fully saturated rings. The van der Waals surface area contributed by atoms with E-state index in [0.29, 0.717) is 13.0 Å². The van der Waals surface area contributed by atoms with Crippen molar-refractivity contribution in [2.24, 2.45) is 0 Å². The minimum atomic E-state index is -1.12. The van der Waals surface area contributed by atoms with E-state index in [-0.39, 0.29) is 0 Å². The second kappa shape index (κ2) is 6.18. The van der Waals surface area contributed by atoms with Gasteiger partial charge < -0.3 is 15.2 Å². The van der Waals surface area contributed by atoms with Crippen LogP contribution in [0.1, 0.15) is 26.7 Å². The number of hydrogen-bond acceptors (Lipinski definition) is 4. The maximum absolute atomic E-state index is 11.5. The molecule has 0 amide bonds. The monoisotopic (exact) mass is 230 g/mol. The lowest BCUT2D eigenvalue weighted by Gasteiger charge is -2.42. The van der Waals surface area contributed by atoms with Crippen molar-refractivity contribution in [1.82, 2.24) is 10.2 Å². The van der Waals surface area contributed by atoms with E-state index in [1.54, 1.807) is 0 Å². The first-order chi connectivity index (χ1) is 7.67. The second-order valence-electron chi connectivity index (χ2n) is 4.01. The lowest BCUT2D eigenvalue weighted by Crippen LogP contribution is -2.61. The highest BCUT2D eigenvalue weighted by Gasteiger charge is 2.44. The molecule has 1 unspecified atom stereocenters. The fourth-order valence-corrected chi connectivity index (χ4v) is 2.23. The Morgan fingerprint density at radius 1 is 1.44 bits per heavy atom. The molecular weight excluding hydrogens is 208 g/mol. The second-order valence-corrected chi connectivity index (χ2v) is 4.01. The molecule has 0 bridgehead atoms.